The van der Waals surface area contributed by atoms with Crippen LogP contribution in [0, 0.1) is 0 Å². The Kier molecular flexibility index (Phi) is 7.73. The van der Waals surface area contributed by atoms with Crippen molar-refractivity contribution >= 4 is 12.0 Å². The summed E-state index contributed by atoms with van der Waals surface area (Å²) in [5, 5.41) is 6.13. The van der Waals surface area contributed by atoms with Crippen LogP contribution in [0.2, 0.25) is 0 Å². The number of hydrogen-bond acceptors (Lipinski definition) is 3. The largest absolute Gasteiger partial charge is 0.444 e. The van der Waals surface area contributed by atoms with Crippen LogP contribution in [0.4, 0.5) is 4.79 Å². The van der Waals surface area contributed by atoms with Gasteiger partial charge in [-0.15, -0.1) is 0 Å². The maximum absolute atomic E-state index is 14.2. The second-order valence-corrected chi connectivity index (χ2v) is 9.83. The van der Waals surface area contributed by atoms with E-state index in [1.165, 1.54) is 0 Å². The van der Waals surface area contributed by atoms with Crippen LogP contribution >= 0.6 is 0 Å². The molecule has 4 rings (SSSR count). The molecular weight excluding hydrogens is 460 g/mol. The van der Waals surface area contributed by atoms with Gasteiger partial charge in [0.2, 0.25) is 5.91 Å². The van der Waals surface area contributed by atoms with Gasteiger partial charge in [0, 0.05) is 0 Å². The van der Waals surface area contributed by atoms with E-state index in [2.05, 4.69) is 10.6 Å². The van der Waals surface area contributed by atoms with Crippen LogP contribution in [0.1, 0.15) is 49.1 Å². The molecule has 2 N–H and O–H groups in total. The summed E-state index contributed by atoms with van der Waals surface area (Å²) in [7, 11) is 0. The van der Waals surface area contributed by atoms with Crippen molar-refractivity contribution in [1.29, 1.82) is 0 Å². The van der Waals surface area contributed by atoms with Crippen molar-refractivity contribution < 1.29 is 14.3 Å². The second kappa shape index (κ2) is 11.1. The van der Waals surface area contributed by atoms with E-state index in [1.54, 1.807) is 20.8 Å². The molecule has 0 saturated carbocycles. The zero-order valence-electron chi connectivity index (χ0n) is 21.3. The lowest BCUT2D eigenvalue weighted by Crippen LogP contribution is -2.52. The number of benzene rings is 4. The summed E-state index contributed by atoms with van der Waals surface area (Å²) in [6.07, 6.45) is -0.666. The van der Waals surface area contributed by atoms with Crippen molar-refractivity contribution in [3.8, 4) is 0 Å². The van der Waals surface area contributed by atoms with Gasteiger partial charge in [-0.3, -0.25) is 4.79 Å². The molecule has 0 aliphatic heterocycles. The fourth-order valence-electron chi connectivity index (χ4n) is 4.41. The molecule has 0 aromatic heterocycles. The fraction of sp³-hybridized carbons (Fsp3) is 0.188. The summed E-state index contributed by atoms with van der Waals surface area (Å²) < 4.78 is 5.49. The van der Waals surface area contributed by atoms with Crippen molar-refractivity contribution in [2.75, 3.05) is 0 Å². The normalized spacial score (nSPS) is 12.3. The first-order valence-electron chi connectivity index (χ1n) is 12.3. The Morgan fingerprint density at radius 1 is 0.622 bits per heavy atom. The van der Waals surface area contributed by atoms with Crippen LogP contribution < -0.4 is 10.6 Å². The van der Waals surface area contributed by atoms with Gasteiger partial charge in [0.25, 0.3) is 0 Å². The standard InChI is InChI=1S/C32H32N2O3/c1-31(2,3)37-30(36)33-28(24-16-8-4-9-17-24)29(35)34-32(25-18-10-5-11-19-25,26-20-12-6-13-21-26)27-22-14-7-15-23-27/h4-23,28H,1-3H3,(H,33,36)(H,34,35)/t28-/m0/s1. The Bertz CT molecular complexity index is 1210. The molecule has 0 bridgehead atoms. The van der Waals surface area contributed by atoms with E-state index in [1.807, 2.05) is 121 Å². The van der Waals surface area contributed by atoms with Crippen molar-refractivity contribution in [1.82, 2.24) is 10.6 Å². The Morgan fingerprint density at radius 2 is 1.00 bits per heavy atom. The molecule has 0 aliphatic rings. The number of carbonyl (C=O) groups excluding carboxylic acids is 2. The lowest BCUT2D eigenvalue weighted by atomic mass is 9.76. The molecule has 1 atom stereocenters. The summed E-state index contributed by atoms with van der Waals surface area (Å²) in [6, 6.07) is 37.8. The summed E-state index contributed by atoms with van der Waals surface area (Å²) >= 11 is 0. The molecule has 0 spiro atoms. The highest BCUT2D eigenvalue weighted by molar-refractivity contribution is 5.88. The van der Waals surface area contributed by atoms with Crippen molar-refractivity contribution in [2.24, 2.45) is 0 Å². The topological polar surface area (TPSA) is 67.4 Å². The molecule has 5 nitrogen and oxygen atoms in total. The Hall–Kier alpha value is -4.38. The van der Waals surface area contributed by atoms with E-state index in [4.69, 9.17) is 4.74 Å². The predicted octanol–water partition coefficient (Wildman–Crippen LogP) is 6.36. The van der Waals surface area contributed by atoms with Gasteiger partial charge in [-0.25, -0.2) is 4.79 Å². The molecule has 4 aromatic carbocycles. The second-order valence-electron chi connectivity index (χ2n) is 9.83. The molecule has 0 aliphatic carbocycles. The molecular formula is C32H32N2O3. The maximum atomic E-state index is 14.2. The van der Waals surface area contributed by atoms with E-state index < -0.39 is 23.3 Å². The summed E-state index contributed by atoms with van der Waals surface area (Å²) in [4.78, 5) is 27.0. The summed E-state index contributed by atoms with van der Waals surface area (Å²) in [5.74, 6) is -0.367. The Morgan fingerprint density at radius 3 is 1.38 bits per heavy atom. The molecule has 188 valence electrons. The molecule has 4 aromatic rings. The average Bonchev–Trinajstić information content (AvgIpc) is 2.91. The minimum atomic E-state index is -1.01. The number of amides is 2. The molecule has 0 heterocycles. The Balaban J connectivity index is 1.84. The highest BCUT2D eigenvalue weighted by Gasteiger charge is 2.40. The van der Waals surface area contributed by atoms with Gasteiger partial charge in [0.05, 0.1) is 0 Å². The number of rotatable bonds is 7. The summed E-state index contributed by atoms with van der Waals surface area (Å²) in [5.41, 5.74) is 1.61. The van der Waals surface area contributed by atoms with Gasteiger partial charge < -0.3 is 15.4 Å². The zero-order chi connectivity index (χ0) is 26.3. The van der Waals surface area contributed by atoms with Crippen LogP contribution in [-0.2, 0) is 15.1 Å². The van der Waals surface area contributed by atoms with Crippen LogP contribution in [0.25, 0.3) is 0 Å². The minimum Gasteiger partial charge on any atom is -0.444 e. The van der Waals surface area contributed by atoms with E-state index >= 15 is 0 Å². The predicted molar refractivity (Wildman–Crippen MR) is 146 cm³/mol. The van der Waals surface area contributed by atoms with Gasteiger partial charge in [-0.1, -0.05) is 121 Å². The minimum absolute atomic E-state index is 0.367. The molecule has 2 amide bonds. The maximum Gasteiger partial charge on any atom is 0.408 e. The molecule has 0 saturated heterocycles. The highest BCUT2D eigenvalue weighted by Crippen LogP contribution is 2.37. The van der Waals surface area contributed by atoms with E-state index in [-0.39, 0.29) is 5.91 Å². The monoisotopic (exact) mass is 492 g/mol. The van der Waals surface area contributed by atoms with Gasteiger partial charge in [0.15, 0.2) is 0 Å². The van der Waals surface area contributed by atoms with Gasteiger partial charge in [0.1, 0.15) is 17.2 Å². The molecule has 0 radical (unpaired) electrons. The summed E-state index contributed by atoms with van der Waals surface area (Å²) in [6.45, 7) is 5.36. The average molecular weight is 493 g/mol. The lowest BCUT2D eigenvalue weighted by molar-refractivity contribution is -0.124. The first-order valence-corrected chi connectivity index (χ1v) is 12.3. The van der Waals surface area contributed by atoms with Crippen molar-refractivity contribution in [3.05, 3.63) is 144 Å². The Labute approximate surface area is 218 Å². The van der Waals surface area contributed by atoms with Gasteiger partial charge >= 0.3 is 6.09 Å². The van der Waals surface area contributed by atoms with Crippen LogP contribution in [0.3, 0.4) is 0 Å². The molecule has 37 heavy (non-hydrogen) atoms. The molecule has 5 heteroatoms. The number of ether oxygens (including phenoxy) is 1. The number of nitrogens with one attached hydrogen (secondary N) is 2. The zero-order valence-corrected chi connectivity index (χ0v) is 21.3. The first kappa shape index (κ1) is 25.7. The first-order chi connectivity index (χ1) is 17.8. The number of alkyl carbamates (subject to hydrolysis) is 1. The third-order valence-corrected chi connectivity index (χ3v) is 5.99. The molecule has 0 unspecified atom stereocenters. The number of carbonyl (C=O) groups is 2. The number of hydrogen-bond donors (Lipinski definition) is 2. The SMILES string of the molecule is CC(C)(C)OC(=O)N[C@H](C(=O)NC(c1ccccc1)(c1ccccc1)c1ccccc1)c1ccccc1. The fourth-order valence-corrected chi connectivity index (χ4v) is 4.41. The third-order valence-electron chi connectivity index (χ3n) is 5.99. The van der Waals surface area contributed by atoms with Gasteiger partial charge in [-0.05, 0) is 43.0 Å². The van der Waals surface area contributed by atoms with Crippen molar-refractivity contribution in [2.45, 2.75) is 38.0 Å². The van der Waals surface area contributed by atoms with Gasteiger partial charge in [-0.2, -0.15) is 0 Å². The van der Waals surface area contributed by atoms with E-state index in [9.17, 15) is 9.59 Å². The smallest absolute Gasteiger partial charge is 0.408 e. The van der Waals surface area contributed by atoms with Crippen LogP contribution in [0.5, 0.6) is 0 Å². The van der Waals surface area contributed by atoms with Crippen LogP contribution in [-0.4, -0.2) is 17.6 Å². The molecule has 0 fully saturated rings. The van der Waals surface area contributed by atoms with Crippen LogP contribution in [0.15, 0.2) is 121 Å². The van der Waals surface area contributed by atoms with E-state index in [0.717, 1.165) is 16.7 Å². The van der Waals surface area contributed by atoms with Crippen molar-refractivity contribution in [3.63, 3.8) is 0 Å². The third kappa shape index (κ3) is 6.07. The highest BCUT2D eigenvalue weighted by atomic mass is 16.6. The quantitative estimate of drug-likeness (QED) is 0.295. The lowest BCUT2D eigenvalue weighted by Gasteiger charge is -2.38. The van der Waals surface area contributed by atoms with E-state index in [0.29, 0.717) is 5.56 Å².